The number of nitro groups is 1. The highest BCUT2D eigenvalue weighted by Gasteiger charge is 2.23. The number of nitrogens with zero attached hydrogens (tertiary/aromatic N) is 5. The van der Waals surface area contributed by atoms with Crippen LogP contribution in [-0.4, -0.2) is 38.7 Å². The van der Waals surface area contributed by atoms with E-state index in [0.717, 1.165) is 0 Å². The van der Waals surface area contributed by atoms with E-state index in [4.69, 9.17) is 9.26 Å². The van der Waals surface area contributed by atoms with Gasteiger partial charge < -0.3 is 14.6 Å². The van der Waals surface area contributed by atoms with Gasteiger partial charge in [0.1, 0.15) is 6.33 Å². The lowest BCUT2D eigenvalue weighted by Gasteiger charge is -2.06. The Hall–Kier alpha value is -2.78. The van der Waals surface area contributed by atoms with Gasteiger partial charge >= 0.3 is 5.69 Å². The SMILES string of the molecule is COc1ncnc(NCCc2ncno2)c1[N+](=O)[O-]. The summed E-state index contributed by atoms with van der Waals surface area (Å²) in [7, 11) is 1.30. The predicted octanol–water partition coefficient (Wildman–Crippen LogP) is 0.431. The van der Waals surface area contributed by atoms with Gasteiger partial charge in [0.25, 0.3) is 5.88 Å². The zero-order chi connectivity index (χ0) is 13.7. The van der Waals surface area contributed by atoms with Gasteiger partial charge in [-0.05, 0) is 0 Å². The van der Waals surface area contributed by atoms with Crippen molar-refractivity contribution in [3.05, 3.63) is 28.7 Å². The van der Waals surface area contributed by atoms with Crippen LogP contribution in [0.5, 0.6) is 5.88 Å². The Morgan fingerprint density at radius 2 is 2.26 bits per heavy atom. The highest BCUT2D eigenvalue weighted by atomic mass is 16.6. The summed E-state index contributed by atoms with van der Waals surface area (Å²) in [5.74, 6) is 0.410. The van der Waals surface area contributed by atoms with E-state index in [2.05, 4.69) is 25.4 Å². The molecule has 19 heavy (non-hydrogen) atoms. The summed E-state index contributed by atoms with van der Waals surface area (Å²) in [6.45, 7) is 0.350. The molecule has 0 spiro atoms. The van der Waals surface area contributed by atoms with Crippen LogP contribution in [-0.2, 0) is 6.42 Å². The topological polar surface area (TPSA) is 129 Å². The van der Waals surface area contributed by atoms with Gasteiger partial charge in [0.05, 0.1) is 12.0 Å². The quantitative estimate of drug-likeness (QED) is 0.584. The highest BCUT2D eigenvalue weighted by Crippen LogP contribution is 2.30. The van der Waals surface area contributed by atoms with Gasteiger partial charge in [-0.15, -0.1) is 0 Å². The standard InChI is InChI=1S/C9H10N6O4/c1-18-9-7(15(16)17)8(12-4-13-9)10-3-2-6-11-5-14-19-6/h4-5H,2-3H2,1H3,(H,10,12,13). The van der Waals surface area contributed by atoms with Gasteiger partial charge in [-0.1, -0.05) is 5.16 Å². The van der Waals surface area contributed by atoms with E-state index in [1.807, 2.05) is 0 Å². The first-order valence-corrected chi connectivity index (χ1v) is 5.25. The third-order valence-corrected chi connectivity index (χ3v) is 2.20. The summed E-state index contributed by atoms with van der Waals surface area (Å²) in [4.78, 5) is 21.7. The summed E-state index contributed by atoms with van der Waals surface area (Å²) in [6, 6.07) is 0. The maximum absolute atomic E-state index is 11.0. The van der Waals surface area contributed by atoms with Crippen LogP contribution in [0.25, 0.3) is 0 Å². The molecule has 0 saturated carbocycles. The largest absolute Gasteiger partial charge is 0.476 e. The molecule has 0 aliphatic carbocycles. The molecule has 0 aliphatic heterocycles. The fourth-order valence-electron chi connectivity index (χ4n) is 1.40. The first-order chi connectivity index (χ1) is 9.22. The van der Waals surface area contributed by atoms with Crippen LogP contribution in [0.2, 0.25) is 0 Å². The molecule has 0 fully saturated rings. The molecule has 0 atom stereocenters. The lowest BCUT2D eigenvalue weighted by Crippen LogP contribution is -2.10. The van der Waals surface area contributed by atoms with E-state index >= 15 is 0 Å². The van der Waals surface area contributed by atoms with Crippen molar-refractivity contribution in [1.82, 2.24) is 20.1 Å². The number of anilines is 1. The number of hydrogen-bond acceptors (Lipinski definition) is 9. The smallest absolute Gasteiger partial charge is 0.372 e. The average Bonchev–Trinajstić information content (AvgIpc) is 2.91. The van der Waals surface area contributed by atoms with E-state index in [1.54, 1.807) is 0 Å². The summed E-state index contributed by atoms with van der Waals surface area (Å²) < 4.78 is 9.63. The zero-order valence-electron chi connectivity index (χ0n) is 9.94. The van der Waals surface area contributed by atoms with Crippen molar-refractivity contribution in [2.45, 2.75) is 6.42 Å². The third-order valence-electron chi connectivity index (χ3n) is 2.20. The Labute approximate surface area is 107 Å². The Balaban J connectivity index is 2.09. The highest BCUT2D eigenvalue weighted by molar-refractivity contribution is 5.60. The summed E-state index contributed by atoms with van der Waals surface area (Å²) >= 11 is 0. The molecule has 10 heteroatoms. The third kappa shape index (κ3) is 2.91. The van der Waals surface area contributed by atoms with Crippen molar-refractivity contribution in [2.75, 3.05) is 19.0 Å². The molecule has 2 rings (SSSR count). The number of ether oxygens (including phenoxy) is 1. The van der Waals surface area contributed by atoms with E-state index in [9.17, 15) is 10.1 Å². The van der Waals surface area contributed by atoms with Gasteiger partial charge in [-0.25, -0.2) is 4.98 Å². The number of nitrogens with one attached hydrogen (secondary N) is 1. The fraction of sp³-hybridized carbons (Fsp3) is 0.333. The number of rotatable bonds is 6. The summed E-state index contributed by atoms with van der Waals surface area (Å²) in [6.07, 6.45) is 2.88. The molecule has 0 bridgehead atoms. The number of methoxy groups -OCH3 is 1. The second-order valence-electron chi connectivity index (χ2n) is 3.35. The molecule has 0 saturated heterocycles. The van der Waals surface area contributed by atoms with E-state index in [0.29, 0.717) is 18.9 Å². The van der Waals surface area contributed by atoms with Crippen LogP contribution in [0.3, 0.4) is 0 Å². The van der Waals surface area contributed by atoms with Crippen LogP contribution in [0, 0.1) is 10.1 Å². The Kier molecular flexibility index (Phi) is 3.81. The monoisotopic (exact) mass is 266 g/mol. The second kappa shape index (κ2) is 5.71. The minimum atomic E-state index is -0.603. The van der Waals surface area contributed by atoms with Crippen LogP contribution >= 0.6 is 0 Å². The summed E-state index contributed by atoms with van der Waals surface area (Å²) in [5, 5.41) is 17.2. The molecule has 10 nitrogen and oxygen atoms in total. The minimum absolute atomic E-state index is 0.0800. The van der Waals surface area contributed by atoms with Gasteiger partial charge in [-0.3, -0.25) is 10.1 Å². The van der Waals surface area contributed by atoms with Crippen LogP contribution in [0.4, 0.5) is 11.5 Å². The van der Waals surface area contributed by atoms with Gasteiger partial charge in [0, 0.05) is 13.0 Å². The molecule has 2 aromatic rings. The second-order valence-corrected chi connectivity index (χ2v) is 3.35. The van der Waals surface area contributed by atoms with Crippen molar-refractivity contribution >= 4 is 11.5 Å². The molecule has 0 aromatic carbocycles. The van der Waals surface area contributed by atoms with Gasteiger partial charge in [0.15, 0.2) is 6.33 Å². The van der Waals surface area contributed by atoms with Crippen LogP contribution < -0.4 is 10.1 Å². The Morgan fingerprint density at radius 3 is 2.89 bits per heavy atom. The molecule has 0 amide bonds. The molecule has 100 valence electrons. The molecule has 2 aromatic heterocycles. The molecule has 2 heterocycles. The molecular weight excluding hydrogens is 256 g/mol. The number of hydrogen-bond donors (Lipinski definition) is 1. The van der Waals surface area contributed by atoms with E-state index < -0.39 is 4.92 Å². The van der Waals surface area contributed by atoms with Crippen molar-refractivity contribution in [2.24, 2.45) is 0 Å². The Morgan fingerprint density at radius 1 is 1.42 bits per heavy atom. The predicted molar refractivity (Wildman–Crippen MR) is 61.7 cm³/mol. The van der Waals surface area contributed by atoms with Crippen LogP contribution in [0.15, 0.2) is 17.2 Å². The molecule has 0 aliphatic rings. The van der Waals surface area contributed by atoms with E-state index in [-0.39, 0.29) is 17.4 Å². The fourth-order valence-corrected chi connectivity index (χ4v) is 1.40. The van der Waals surface area contributed by atoms with Crippen molar-refractivity contribution in [3.8, 4) is 5.88 Å². The molecular formula is C9H10N6O4. The summed E-state index contributed by atoms with van der Waals surface area (Å²) in [5.41, 5.74) is -0.310. The molecule has 0 unspecified atom stereocenters. The van der Waals surface area contributed by atoms with Gasteiger partial charge in [-0.2, -0.15) is 9.97 Å². The van der Waals surface area contributed by atoms with Gasteiger partial charge in [0.2, 0.25) is 11.7 Å². The minimum Gasteiger partial charge on any atom is -0.476 e. The van der Waals surface area contributed by atoms with Crippen LogP contribution in [0.1, 0.15) is 5.89 Å². The van der Waals surface area contributed by atoms with Crippen molar-refractivity contribution in [3.63, 3.8) is 0 Å². The zero-order valence-corrected chi connectivity index (χ0v) is 9.94. The first-order valence-electron chi connectivity index (χ1n) is 5.25. The first kappa shape index (κ1) is 12.7. The van der Waals surface area contributed by atoms with Crippen molar-refractivity contribution in [1.29, 1.82) is 0 Å². The Bertz CT molecular complexity index is 558. The van der Waals surface area contributed by atoms with E-state index in [1.165, 1.54) is 19.8 Å². The van der Waals surface area contributed by atoms with Crippen molar-refractivity contribution < 1.29 is 14.2 Å². The normalized spacial score (nSPS) is 10.2. The molecule has 0 radical (unpaired) electrons. The number of aromatic nitrogens is 4. The lowest BCUT2D eigenvalue weighted by atomic mass is 10.4. The average molecular weight is 266 g/mol. The molecule has 1 N–H and O–H groups in total. The lowest BCUT2D eigenvalue weighted by molar-refractivity contribution is -0.385. The maximum atomic E-state index is 11.0. The maximum Gasteiger partial charge on any atom is 0.372 e.